The third kappa shape index (κ3) is 3.35. The Morgan fingerprint density at radius 2 is 2.05 bits per heavy atom. The summed E-state index contributed by atoms with van der Waals surface area (Å²) in [5.74, 6) is 1.20. The zero-order chi connectivity index (χ0) is 13.7. The second-order valence-electron chi connectivity index (χ2n) is 5.17. The summed E-state index contributed by atoms with van der Waals surface area (Å²) in [5.41, 5.74) is 2.38. The molecule has 1 atom stereocenters. The zero-order valence-corrected chi connectivity index (χ0v) is 12.3. The van der Waals surface area contributed by atoms with E-state index >= 15 is 0 Å². The number of aryl methyl sites for hydroxylation is 2. The number of aromatic nitrogens is 2. The van der Waals surface area contributed by atoms with Crippen molar-refractivity contribution in [2.45, 2.75) is 52.6 Å². The Labute approximate surface area is 116 Å². The molecule has 0 bridgehead atoms. The first-order chi connectivity index (χ1) is 9.26. The normalized spacial score (nSPS) is 13.0. The van der Waals surface area contributed by atoms with Crippen LogP contribution in [0.3, 0.4) is 0 Å². The molecule has 1 unspecified atom stereocenters. The number of hydrogen-bond acceptors (Lipinski definition) is 2. The molecule has 2 rings (SSSR count). The molecule has 0 saturated carbocycles. The van der Waals surface area contributed by atoms with Crippen LogP contribution >= 0.6 is 0 Å². The average molecular weight is 259 g/mol. The standard InChI is InChI=1S/C16H25N3/c1-4-11-17-13(3)10-12-19-15-9-7-6-8-14(15)18-16(19)5-2/h6-9,13,17H,4-5,10-12H2,1-3H3. The third-order valence-corrected chi connectivity index (χ3v) is 3.58. The van der Waals surface area contributed by atoms with Gasteiger partial charge in [0.15, 0.2) is 0 Å². The van der Waals surface area contributed by atoms with Crippen LogP contribution in [0.25, 0.3) is 11.0 Å². The fraction of sp³-hybridized carbons (Fsp3) is 0.562. The first-order valence-electron chi connectivity index (χ1n) is 7.43. The van der Waals surface area contributed by atoms with E-state index in [-0.39, 0.29) is 0 Å². The summed E-state index contributed by atoms with van der Waals surface area (Å²) in [5, 5.41) is 3.55. The van der Waals surface area contributed by atoms with Gasteiger partial charge in [-0.25, -0.2) is 4.98 Å². The molecule has 3 nitrogen and oxygen atoms in total. The van der Waals surface area contributed by atoms with Gasteiger partial charge < -0.3 is 9.88 Å². The first-order valence-corrected chi connectivity index (χ1v) is 7.43. The lowest BCUT2D eigenvalue weighted by atomic mass is 10.2. The Morgan fingerprint density at radius 1 is 1.26 bits per heavy atom. The highest BCUT2D eigenvalue weighted by Gasteiger charge is 2.09. The monoisotopic (exact) mass is 259 g/mol. The highest BCUT2D eigenvalue weighted by atomic mass is 15.1. The van der Waals surface area contributed by atoms with E-state index in [9.17, 15) is 0 Å². The molecule has 1 aromatic carbocycles. The maximum Gasteiger partial charge on any atom is 0.109 e. The highest BCUT2D eigenvalue weighted by Crippen LogP contribution is 2.17. The summed E-state index contributed by atoms with van der Waals surface area (Å²) in [4.78, 5) is 4.71. The van der Waals surface area contributed by atoms with Crippen molar-refractivity contribution >= 4 is 11.0 Å². The first kappa shape index (κ1) is 14.1. The summed E-state index contributed by atoms with van der Waals surface area (Å²) < 4.78 is 2.37. The van der Waals surface area contributed by atoms with Crippen LogP contribution in [0, 0.1) is 0 Å². The summed E-state index contributed by atoms with van der Waals surface area (Å²) in [7, 11) is 0. The van der Waals surface area contributed by atoms with Crippen molar-refractivity contribution < 1.29 is 0 Å². The number of imidazole rings is 1. The number of nitrogens with zero attached hydrogens (tertiary/aromatic N) is 2. The van der Waals surface area contributed by atoms with E-state index in [1.165, 1.54) is 17.8 Å². The fourth-order valence-corrected chi connectivity index (χ4v) is 2.46. The summed E-state index contributed by atoms with van der Waals surface area (Å²) in [6, 6.07) is 8.99. The van der Waals surface area contributed by atoms with Gasteiger partial charge in [0.2, 0.25) is 0 Å². The Hall–Kier alpha value is -1.35. The lowest BCUT2D eigenvalue weighted by molar-refractivity contribution is 0.475. The van der Waals surface area contributed by atoms with Gasteiger partial charge in [0.05, 0.1) is 11.0 Å². The second kappa shape index (κ2) is 6.71. The van der Waals surface area contributed by atoms with Crippen LogP contribution in [0.1, 0.15) is 39.4 Å². The van der Waals surface area contributed by atoms with Gasteiger partial charge in [0.25, 0.3) is 0 Å². The van der Waals surface area contributed by atoms with Crippen LogP contribution < -0.4 is 5.32 Å². The van der Waals surface area contributed by atoms with Crippen LogP contribution in [-0.4, -0.2) is 22.1 Å². The Kier molecular flexibility index (Phi) is 4.97. The number of rotatable bonds is 7. The lowest BCUT2D eigenvalue weighted by Gasteiger charge is -2.15. The second-order valence-corrected chi connectivity index (χ2v) is 5.17. The molecule has 0 amide bonds. The van der Waals surface area contributed by atoms with E-state index in [0.29, 0.717) is 6.04 Å². The van der Waals surface area contributed by atoms with Gasteiger partial charge in [-0.3, -0.25) is 0 Å². The SMILES string of the molecule is CCCNC(C)CCn1c(CC)nc2ccccc21. The van der Waals surface area contributed by atoms with Crippen molar-refractivity contribution in [2.24, 2.45) is 0 Å². The number of hydrogen-bond donors (Lipinski definition) is 1. The molecule has 104 valence electrons. The van der Waals surface area contributed by atoms with E-state index in [1.54, 1.807) is 0 Å². The molecule has 0 aliphatic heterocycles. The van der Waals surface area contributed by atoms with Crippen molar-refractivity contribution in [3.05, 3.63) is 30.1 Å². The molecule has 0 saturated heterocycles. The summed E-state index contributed by atoms with van der Waals surface area (Å²) in [6.07, 6.45) is 3.33. The van der Waals surface area contributed by atoms with Crippen LogP contribution in [0.4, 0.5) is 0 Å². The quantitative estimate of drug-likeness (QED) is 0.826. The van der Waals surface area contributed by atoms with Crippen molar-refractivity contribution in [1.29, 1.82) is 0 Å². The molecular weight excluding hydrogens is 234 g/mol. The molecule has 3 heteroatoms. The molecule has 0 aliphatic rings. The zero-order valence-electron chi connectivity index (χ0n) is 12.3. The number of fused-ring (bicyclic) bond motifs is 1. The Morgan fingerprint density at radius 3 is 2.79 bits per heavy atom. The van der Waals surface area contributed by atoms with Crippen molar-refractivity contribution in [3.63, 3.8) is 0 Å². The summed E-state index contributed by atoms with van der Waals surface area (Å²) >= 11 is 0. The van der Waals surface area contributed by atoms with Gasteiger partial charge in [-0.2, -0.15) is 0 Å². The van der Waals surface area contributed by atoms with E-state index in [0.717, 1.165) is 31.4 Å². The van der Waals surface area contributed by atoms with Crippen molar-refractivity contribution in [2.75, 3.05) is 6.54 Å². The minimum absolute atomic E-state index is 0.561. The largest absolute Gasteiger partial charge is 0.328 e. The third-order valence-electron chi connectivity index (χ3n) is 3.58. The van der Waals surface area contributed by atoms with Gasteiger partial charge in [-0.05, 0) is 38.4 Å². The van der Waals surface area contributed by atoms with Gasteiger partial charge >= 0.3 is 0 Å². The van der Waals surface area contributed by atoms with Crippen LogP contribution in [0.15, 0.2) is 24.3 Å². The highest BCUT2D eigenvalue weighted by molar-refractivity contribution is 5.75. The Balaban J connectivity index is 2.10. The number of nitrogens with one attached hydrogen (secondary N) is 1. The fourth-order valence-electron chi connectivity index (χ4n) is 2.46. The molecule has 19 heavy (non-hydrogen) atoms. The molecule has 0 radical (unpaired) electrons. The molecule has 0 spiro atoms. The average Bonchev–Trinajstić information content (AvgIpc) is 2.80. The van der Waals surface area contributed by atoms with E-state index in [2.05, 4.69) is 54.9 Å². The minimum Gasteiger partial charge on any atom is -0.328 e. The van der Waals surface area contributed by atoms with Crippen LogP contribution in [0.2, 0.25) is 0 Å². The van der Waals surface area contributed by atoms with Crippen LogP contribution in [-0.2, 0) is 13.0 Å². The van der Waals surface area contributed by atoms with Crippen molar-refractivity contribution in [1.82, 2.24) is 14.9 Å². The molecule has 1 aromatic heterocycles. The molecular formula is C16H25N3. The number of para-hydroxylation sites is 2. The molecule has 0 fully saturated rings. The van der Waals surface area contributed by atoms with E-state index < -0.39 is 0 Å². The van der Waals surface area contributed by atoms with E-state index in [4.69, 9.17) is 4.98 Å². The van der Waals surface area contributed by atoms with Gasteiger partial charge in [0, 0.05) is 19.0 Å². The summed E-state index contributed by atoms with van der Waals surface area (Å²) in [6.45, 7) is 8.79. The Bertz CT molecular complexity index is 516. The molecule has 1 N–H and O–H groups in total. The predicted molar refractivity (Wildman–Crippen MR) is 81.5 cm³/mol. The maximum absolute atomic E-state index is 4.71. The van der Waals surface area contributed by atoms with Crippen molar-refractivity contribution in [3.8, 4) is 0 Å². The van der Waals surface area contributed by atoms with E-state index in [1.807, 2.05) is 0 Å². The molecule has 1 heterocycles. The maximum atomic E-state index is 4.71. The van der Waals surface area contributed by atoms with Gasteiger partial charge in [-0.15, -0.1) is 0 Å². The van der Waals surface area contributed by atoms with Gasteiger partial charge in [0.1, 0.15) is 5.82 Å². The number of benzene rings is 1. The smallest absolute Gasteiger partial charge is 0.109 e. The minimum atomic E-state index is 0.561. The van der Waals surface area contributed by atoms with Gasteiger partial charge in [-0.1, -0.05) is 26.0 Å². The van der Waals surface area contributed by atoms with Crippen LogP contribution in [0.5, 0.6) is 0 Å². The predicted octanol–water partition coefficient (Wildman–Crippen LogP) is 3.38. The topological polar surface area (TPSA) is 29.9 Å². The lowest BCUT2D eigenvalue weighted by Crippen LogP contribution is -2.28. The molecule has 0 aliphatic carbocycles. The molecule has 2 aromatic rings.